The normalized spacial score (nSPS) is 12.7. The molecule has 0 unspecified atom stereocenters. The quantitative estimate of drug-likeness (QED) is 0.0662. The third-order valence-electron chi connectivity index (χ3n) is 7.00. The number of ether oxygens (including phenoxy) is 3. The van der Waals surface area contributed by atoms with Crippen LogP contribution in [0.2, 0.25) is 0 Å². The van der Waals surface area contributed by atoms with Crippen LogP contribution in [0.25, 0.3) is 11.1 Å². The Morgan fingerprint density at radius 2 is 1.34 bits per heavy atom. The van der Waals surface area contributed by atoms with Crippen LogP contribution in [-0.4, -0.2) is 37.6 Å². The number of halogens is 5. The topological polar surface area (TPSA) is 73.9 Å². The first-order valence-electron chi connectivity index (χ1n) is 13.2. The highest BCUT2D eigenvalue weighted by atomic mass is 32.2. The van der Waals surface area contributed by atoms with Crippen molar-refractivity contribution in [3.63, 3.8) is 0 Å². The number of fused-ring (bicyclic) bond motifs is 3. The first-order chi connectivity index (χ1) is 21.2. The Morgan fingerprint density at radius 3 is 1.91 bits per heavy atom. The summed E-state index contributed by atoms with van der Waals surface area (Å²) in [4.78, 5) is 25.9. The summed E-state index contributed by atoms with van der Waals surface area (Å²) in [7, 11) is 1.51. The van der Waals surface area contributed by atoms with Crippen LogP contribution < -0.4 is 14.8 Å². The van der Waals surface area contributed by atoms with Crippen LogP contribution >= 0.6 is 11.8 Å². The average molecular weight is 630 g/mol. The first kappa shape index (κ1) is 30.9. The summed E-state index contributed by atoms with van der Waals surface area (Å²) in [5.41, 5.74) is 4.70. The van der Waals surface area contributed by atoms with Crippen molar-refractivity contribution in [2.24, 2.45) is 0 Å². The molecule has 4 aromatic rings. The van der Waals surface area contributed by atoms with Gasteiger partial charge in [-0.15, -0.1) is 0 Å². The number of esters is 1. The Balaban J connectivity index is 1.30. The number of carbonyl (C=O) groups excluding carboxylic acids is 2. The number of amides is 1. The predicted octanol–water partition coefficient (Wildman–Crippen LogP) is 7.14. The third kappa shape index (κ3) is 6.35. The minimum Gasteiger partial charge on any atom is -0.497 e. The van der Waals surface area contributed by atoms with E-state index in [0.29, 0.717) is 11.5 Å². The lowest BCUT2D eigenvalue weighted by molar-refractivity contribution is -0.136. The number of benzene rings is 4. The second kappa shape index (κ2) is 13.4. The number of hydrogen-bond donors (Lipinski definition) is 1. The molecule has 0 radical (unpaired) electrons. The Bertz CT molecular complexity index is 1630. The molecule has 1 atom stereocenters. The summed E-state index contributed by atoms with van der Waals surface area (Å²) in [6.45, 7) is -0.0989. The lowest BCUT2D eigenvalue weighted by Crippen LogP contribution is -2.45. The zero-order valence-corrected chi connectivity index (χ0v) is 23.9. The van der Waals surface area contributed by atoms with E-state index >= 15 is 0 Å². The van der Waals surface area contributed by atoms with Crippen molar-refractivity contribution in [3.05, 3.63) is 119 Å². The molecule has 0 aromatic heterocycles. The van der Waals surface area contributed by atoms with Gasteiger partial charge in [0.1, 0.15) is 18.4 Å². The lowest BCUT2D eigenvalue weighted by atomic mass is 9.98. The molecule has 6 nitrogen and oxygen atoms in total. The lowest BCUT2D eigenvalue weighted by Gasteiger charge is -2.19. The number of hydrogen-bond acceptors (Lipinski definition) is 6. The molecule has 4 aromatic carbocycles. The molecule has 0 saturated carbocycles. The van der Waals surface area contributed by atoms with Crippen LogP contribution in [0.4, 0.5) is 26.7 Å². The fourth-order valence-electron chi connectivity index (χ4n) is 4.81. The zero-order chi connectivity index (χ0) is 31.4. The highest BCUT2D eigenvalue weighted by Crippen LogP contribution is 2.44. The summed E-state index contributed by atoms with van der Waals surface area (Å²) in [5.74, 6) is -14.3. The van der Waals surface area contributed by atoms with Crippen molar-refractivity contribution in [3.8, 4) is 22.6 Å². The van der Waals surface area contributed by atoms with Crippen LogP contribution in [0, 0.1) is 29.1 Å². The fourth-order valence-corrected chi connectivity index (χ4v) is 5.81. The molecule has 0 heterocycles. The predicted molar refractivity (Wildman–Crippen MR) is 153 cm³/mol. The van der Waals surface area contributed by atoms with Crippen molar-refractivity contribution in [1.29, 1.82) is 0 Å². The van der Waals surface area contributed by atoms with Gasteiger partial charge in [-0.2, -0.15) is 20.5 Å². The SMILES string of the molecule is COc1ccc(CSC[C@@H](NC(=O)OCC2c3ccccc3-c3ccccc32)C(=O)Oc2c(F)c(F)c(F)c(F)c2F)cc1. The minimum absolute atomic E-state index is 0.0989. The number of rotatable bonds is 10. The minimum atomic E-state index is -2.40. The Labute approximate surface area is 253 Å². The number of thioether (sulfide) groups is 1. The average Bonchev–Trinajstić information content (AvgIpc) is 3.37. The van der Waals surface area contributed by atoms with Gasteiger partial charge in [0.2, 0.25) is 34.8 Å². The summed E-state index contributed by atoms with van der Waals surface area (Å²) in [5, 5.41) is 2.31. The van der Waals surface area contributed by atoms with Gasteiger partial charge in [0.05, 0.1) is 7.11 Å². The molecule has 1 aliphatic rings. The van der Waals surface area contributed by atoms with E-state index in [-0.39, 0.29) is 18.3 Å². The van der Waals surface area contributed by atoms with Crippen LogP contribution in [0.15, 0.2) is 72.8 Å². The zero-order valence-electron chi connectivity index (χ0n) is 23.0. The van der Waals surface area contributed by atoms with Crippen LogP contribution in [-0.2, 0) is 15.3 Å². The molecule has 0 bridgehead atoms. The molecule has 0 spiro atoms. The first-order valence-corrected chi connectivity index (χ1v) is 14.4. The summed E-state index contributed by atoms with van der Waals surface area (Å²) < 4.78 is 84.6. The maximum atomic E-state index is 14.2. The smallest absolute Gasteiger partial charge is 0.407 e. The number of carbonyl (C=O) groups is 2. The van der Waals surface area contributed by atoms with Crippen LogP contribution in [0.3, 0.4) is 0 Å². The van der Waals surface area contributed by atoms with E-state index in [9.17, 15) is 31.5 Å². The number of methoxy groups -OCH3 is 1. The third-order valence-corrected chi connectivity index (χ3v) is 8.11. The van der Waals surface area contributed by atoms with E-state index < -0.39 is 52.9 Å². The van der Waals surface area contributed by atoms with E-state index in [1.54, 1.807) is 24.3 Å². The van der Waals surface area contributed by atoms with Gasteiger partial charge >= 0.3 is 12.1 Å². The number of nitrogens with one attached hydrogen (secondary N) is 1. The largest absolute Gasteiger partial charge is 0.497 e. The second-order valence-corrected chi connectivity index (χ2v) is 10.7. The number of alkyl carbamates (subject to hydrolysis) is 1. The van der Waals surface area contributed by atoms with Crippen molar-refractivity contribution in [2.75, 3.05) is 19.5 Å². The molecular weight excluding hydrogens is 605 g/mol. The van der Waals surface area contributed by atoms with Crippen LogP contribution in [0.1, 0.15) is 22.6 Å². The van der Waals surface area contributed by atoms with Crippen molar-refractivity contribution in [2.45, 2.75) is 17.7 Å². The monoisotopic (exact) mass is 629 g/mol. The van der Waals surface area contributed by atoms with E-state index in [1.807, 2.05) is 48.5 Å². The van der Waals surface area contributed by atoms with Crippen molar-refractivity contribution in [1.82, 2.24) is 5.32 Å². The Kier molecular flexibility index (Phi) is 9.38. The molecule has 0 fully saturated rings. The highest BCUT2D eigenvalue weighted by Gasteiger charge is 2.33. The van der Waals surface area contributed by atoms with E-state index in [2.05, 4.69) is 10.1 Å². The standard InChI is InChI=1S/C32H24F5NO5S/c1-41-18-12-10-17(11-13-18)15-44-16-24(31(39)43-30-28(36)26(34)25(33)27(35)29(30)37)38-32(40)42-14-23-21-8-4-2-6-19(21)20-7-3-5-9-22(20)23/h2-13,23-24H,14-16H2,1H3,(H,38,40)/t24-/m1/s1. The van der Waals surface area contributed by atoms with Crippen LogP contribution in [0.5, 0.6) is 11.5 Å². The molecule has 1 N–H and O–H groups in total. The van der Waals surface area contributed by atoms with E-state index in [0.717, 1.165) is 39.6 Å². The molecule has 12 heteroatoms. The molecule has 228 valence electrons. The van der Waals surface area contributed by atoms with Gasteiger partial charge in [0.25, 0.3) is 0 Å². The molecular formula is C32H24F5NO5S. The Hall–Kier alpha value is -4.58. The summed E-state index contributed by atoms with van der Waals surface area (Å²) >= 11 is 1.14. The maximum absolute atomic E-state index is 14.2. The van der Waals surface area contributed by atoms with E-state index in [1.165, 1.54) is 7.11 Å². The summed E-state index contributed by atoms with van der Waals surface area (Å²) in [6, 6.07) is 20.7. The molecule has 44 heavy (non-hydrogen) atoms. The molecule has 5 rings (SSSR count). The Morgan fingerprint density at radius 1 is 0.795 bits per heavy atom. The fraction of sp³-hybridized carbons (Fsp3) is 0.188. The van der Waals surface area contributed by atoms with Gasteiger partial charge in [-0.05, 0) is 39.9 Å². The van der Waals surface area contributed by atoms with E-state index in [4.69, 9.17) is 9.47 Å². The van der Waals surface area contributed by atoms with Crippen molar-refractivity contribution >= 4 is 23.8 Å². The van der Waals surface area contributed by atoms with Gasteiger partial charge < -0.3 is 19.5 Å². The second-order valence-electron chi connectivity index (χ2n) is 9.71. The molecule has 0 aliphatic heterocycles. The van der Waals surface area contributed by atoms with Gasteiger partial charge in [0, 0.05) is 17.4 Å². The molecule has 1 aliphatic carbocycles. The highest BCUT2D eigenvalue weighted by molar-refractivity contribution is 7.98. The molecule has 0 saturated heterocycles. The summed E-state index contributed by atoms with van der Waals surface area (Å²) in [6.07, 6.45) is -1.05. The molecule has 1 amide bonds. The van der Waals surface area contributed by atoms with Gasteiger partial charge in [0.15, 0.2) is 0 Å². The maximum Gasteiger partial charge on any atom is 0.407 e. The van der Waals surface area contributed by atoms with Gasteiger partial charge in [-0.3, -0.25) is 0 Å². The van der Waals surface area contributed by atoms with Gasteiger partial charge in [-0.25, -0.2) is 22.8 Å². The van der Waals surface area contributed by atoms with Crippen molar-refractivity contribution < 1.29 is 45.8 Å². The van der Waals surface area contributed by atoms with Gasteiger partial charge in [-0.1, -0.05) is 60.7 Å².